The van der Waals surface area contributed by atoms with Crippen LogP contribution in [0.4, 0.5) is 11.4 Å². The molecule has 2 saturated heterocycles. The number of anilines is 2. The Morgan fingerprint density at radius 1 is 1.09 bits per heavy atom. The summed E-state index contributed by atoms with van der Waals surface area (Å²) in [5.74, 6) is -0.290. The van der Waals surface area contributed by atoms with E-state index in [9.17, 15) is 13.2 Å². The van der Waals surface area contributed by atoms with Crippen molar-refractivity contribution in [2.45, 2.75) is 31.6 Å². The molecule has 0 aliphatic carbocycles. The molecule has 3 heterocycles. The molecule has 1 aromatic carbocycles. The maximum Gasteiger partial charge on any atom is 0.248 e. The van der Waals surface area contributed by atoms with Crippen LogP contribution in [0.1, 0.15) is 24.3 Å². The number of piperazine rings is 1. The van der Waals surface area contributed by atoms with E-state index in [-0.39, 0.29) is 23.1 Å². The summed E-state index contributed by atoms with van der Waals surface area (Å²) >= 11 is 0. The van der Waals surface area contributed by atoms with Crippen LogP contribution < -0.4 is 10.2 Å². The molecule has 2 aromatic rings. The fraction of sp³-hybridized carbons (Fsp3) is 0.545. The van der Waals surface area contributed by atoms with E-state index < -0.39 is 15.9 Å². The van der Waals surface area contributed by atoms with E-state index in [1.165, 1.54) is 4.31 Å². The van der Waals surface area contributed by atoms with Crippen molar-refractivity contribution in [3.8, 4) is 0 Å². The van der Waals surface area contributed by atoms with Crippen LogP contribution in [0.3, 0.4) is 0 Å². The van der Waals surface area contributed by atoms with Crippen molar-refractivity contribution < 1.29 is 17.7 Å². The van der Waals surface area contributed by atoms with Crippen LogP contribution in [-0.4, -0.2) is 75.0 Å². The lowest BCUT2D eigenvalue weighted by molar-refractivity contribution is -0.120. The van der Waals surface area contributed by atoms with Crippen LogP contribution in [0.15, 0.2) is 33.7 Å². The van der Waals surface area contributed by atoms with Crippen molar-refractivity contribution in [2.75, 3.05) is 56.5 Å². The largest absolute Gasteiger partial charge is 0.369 e. The predicted molar refractivity (Wildman–Crippen MR) is 122 cm³/mol. The Morgan fingerprint density at radius 3 is 2.41 bits per heavy atom. The molecular formula is C22H31N5O4S. The smallest absolute Gasteiger partial charge is 0.248 e. The van der Waals surface area contributed by atoms with Crippen LogP contribution >= 0.6 is 0 Å². The van der Waals surface area contributed by atoms with Gasteiger partial charge in [0.15, 0.2) is 5.76 Å². The highest BCUT2D eigenvalue weighted by Crippen LogP contribution is 2.28. The molecule has 9 nitrogen and oxygen atoms in total. The second-order valence-electron chi connectivity index (χ2n) is 8.68. The standard InChI is InChI=1S/C22H31N5O4S/c1-16-21(17(2)31-24-16)32(29,30)27-10-4-5-18(15-27)22(28)23-19-6-8-20(9-7-19)26-13-11-25(3)12-14-26/h6-9,18H,4-5,10-15H2,1-3H3,(H,23,28). The van der Waals surface area contributed by atoms with Crippen LogP contribution in [-0.2, 0) is 14.8 Å². The van der Waals surface area contributed by atoms with Gasteiger partial charge in [-0.2, -0.15) is 4.31 Å². The summed E-state index contributed by atoms with van der Waals surface area (Å²) in [5, 5.41) is 6.73. The van der Waals surface area contributed by atoms with Gasteiger partial charge in [-0.05, 0) is 58.0 Å². The van der Waals surface area contributed by atoms with Gasteiger partial charge in [-0.15, -0.1) is 0 Å². The fourth-order valence-electron chi connectivity index (χ4n) is 4.41. The molecule has 1 amide bonds. The number of hydrogen-bond acceptors (Lipinski definition) is 7. The highest BCUT2D eigenvalue weighted by atomic mass is 32.2. The van der Waals surface area contributed by atoms with Crippen LogP contribution in [0, 0.1) is 19.8 Å². The number of hydrogen-bond donors (Lipinski definition) is 1. The lowest BCUT2D eigenvalue weighted by Gasteiger charge is -2.34. The van der Waals surface area contributed by atoms with E-state index in [0.29, 0.717) is 25.1 Å². The number of benzene rings is 1. The third kappa shape index (κ3) is 4.67. The molecule has 174 valence electrons. The first kappa shape index (κ1) is 22.8. The number of aryl methyl sites for hydroxylation is 2. The maximum absolute atomic E-state index is 13.1. The van der Waals surface area contributed by atoms with Crippen molar-refractivity contribution in [1.29, 1.82) is 0 Å². The third-order valence-corrected chi connectivity index (χ3v) is 8.43. The van der Waals surface area contributed by atoms with Crippen LogP contribution in [0.25, 0.3) is 0 Å². The van der Waals surface area contributed by atoms with Gasteiger partial charge in [0.1, 0.15) is 10.6 Å². The zero-order chi connectivity index (χ0) is 22.9. The number of piperidine rings is 1. The van der Waals surface area contributed by atoms with E-state index >= 15 is 0 Å². The minimum absolute atomic E-state index is 0.109. The van der Waals surface area contributed by atoms with Gasteiger partial charge in [0.2, 0.25) is 15.9 Å². The van der Waals surface area contributed by atoms with Gasteiger partial charge in [-0.1, -0.05) is 5.16 Å². The number of amides is 1. The van der Waals surface area contributed by atoms with Gasteiger partial charge < -0.3 is 19.6 Å². The minimum atomic E-state index is -3.75. The molecule has 1 atom stereocenters. The van der Waals surface area contributed by atoms with Crippen molar-refractivity contribution in [3.05, 3.63) is 35.7 Å². The molecular weight excluding hydrogens is 430 g/mol. The summed E-state index contributed by atoms with van der Waals surface area (Å²) in [6.07, 6.45) is 1.28. The summed E-state index contributed by atoms with van der Waals surface area (Å²) < 4.78 is 32.6. The number of carbonyl (C=O) groups is 1. The number of sulfonamides is 1. The fourth-order valence-corrected chi connectivity index (χ4v) is 6.23. The normalized spacial score (nSPS) is 21.0. The maximum atomic E-state index is 13.1. The van der Waals surface area contributed by atoms with Gasteiger partial charge in [0.05, 0.1) is 5.92 Å². The average Bonchev–Trinajstić information content (AvgIpc) is 3.13. The van der Waals surface area contributed by atoms with Gasteiger partial charge in [-0.3, -0.25) is 4.79 Å². The lowest BCUT2D eigenvalue weighted by Crippen LogP contribution is -2.44. The quantitative estimate of drug-likeness (QED) is 0.728. The number of rotatable bonds is 5. The number of likely N-dealkylation sites (N-methyl/N-ethyl adjacent to an activating group) is 1. The molecule has 32 heavy (non-hydrogen) atoms. The Morgan fingerprint density at radius 2 is 1.78 bits per heavy atom. The molecule has 0 radical (unpaired) electrons. The number of nitrogens with zero attached hydrogens (tertiary/aromatic N) is 4. The van der Waals surface area contributed by atoms with Crippen LogP contribution in [0.2, 0.25) is 0 Å². The molecule has 0 saturated carbocycles. The van der Waals surface area contributed by atoms with Gasteiger partial charge in [0, 0.05) is 50.6 Å². The van der Waals surface area contributed by atoms with Gasteiger partial charge in [-0.25, -0.2) is 8.42 Å². The Labute approximate surface area is 189 Å². The van der Waals surface area contributed by atoms with E-state index in [4.69, 9.17) is 4.52 Å². The van der Waals surface area contributed by atoms with E-state index in [1.54, 1.807) is 13.8 Å². The molecule has 1 aromatic heterocycles. The lowest BCUT2D eigenvalue weighted by atomic mass is 9.98. The number of nitrogens with one attached hydrogen (secondary N) is 1. The van der Waals surface area contributed by atoms with Gasteiger partial charge in [0.25, 0.3) is 0 Å². The van der Waals surface area contributed by atoms with Gasteiger partial charge >= 0.3 is 0 Å². The van der Waals surface area contributed by atoms with E-state index in [2.05, 4.69) is 27.3 Å². The minimum Gasteiger partial charge on any atom is -0.369 e. The highest BCUT2D eigenvalue weighted by Gasteiger charge is 2.36. The second-order valence-corrected chi connectivity index (χ2v) is 10.6. The molecule has 2 fully saturated rings. The SMILES string of the molecule is Cc1noc(C)c1S(=O)(=O)N1CCCC(C(=O)Nc2ccc(N3CCN(C)CC3)cc2)C1. The zero-order valence-electron chi connectivity index (χ0n) is 18.9. The summed E-state index contributed by atoms with van der Waals surface area (Å²) in [6, 6.07) is 7.87. The number of aromatic nitrogens is 1. The Bertz CT molecular complexity index is 1040. The third-order valence-electron chi connectivity index (χ3n) is 6.32. The number of carbonyl (C=O) groups excluding carboxylic acids is 1. The van der Waals surface area contributed by atoms with Crippen LogP contribution in [0.5, 0.6) is 0 Å². The van der Waals surface area contributed by atoms with Crippen molar-refractivity contribution in [1.82, 2.24) is 14.4 Å². The molecule has 10 heteroatoms. The van der Waals surface area contributed by atoms with E-state index in [0.717, 1.165) is 37.6 Å². The Hall–Kier alpha value is -2.43. The highest BCUT2D eigenvalue weighted by molar-refractivity contribution is 7.89. The first-order valence-electron chi connectivity index (χ1n) is 11.0. The first-order chi connectivity index (χ1) is 15.3. The molecule has 0 bridgehead atoms. The molecule has 2 aliphatic rings. The monoisotopic (exact) mass is 461 g/mol. The summed E-state index contributed by atoms with van der Waals surface area (Å²) in [5.41, 5.74) is 2.21. The van der Waals surface area contributed by atoms with Crippen molar-refractivity contribution in [2.24, 2.45) is 5.92 Å². The molecule has 2 aliphatic heterocycles. The Balaban J connectivity index is 1.39. The Kier molecular flexibility index (Phi) is 6.55. The molecule has 1 N–H and O–H groups in total. The van der Waals surface area contributed by atoms with Crippen molar-refractivity contribution >= 4 is 27.3 Å². The average molecular weight is 462 g/mol. The van der Waals surface area contributed by atoms with E-state index in [1.807, 2.05) is 24.3 Å². The first-order valence-corrected chi connectivity index (χ1v) is 12.5. The summed E-state index contributed by atoms with van der Waals surface area (Å²) in [6.45, 7) is 7.78. The second kappa shape index (κ2) is 9.21. The predicted octanol–water partition coefficient (Wildman–Crippen LogP) is 2.08. The molecule has 4 rings (SSSR count). The molecule has 0 spiro atoms. The zero-order valence-corrected chi connectivity index (χ0v) is 19.7. The van der Waals surface area contributed by atoms with Crippen molar-refractivity contribution in [3.63, 3.8) is 0 Å². The summed E-state index contributed by atoms with van der Waals surface area (Å²) in [7, 11) is -1.63. The molecule has 1 unspecified atom stereocenters. The summed E-state index contributed by atoms with van der Waals surface area (Å²) in [4.78, 5) is 17.7. The topological polar surface area (TPSA) is 99.0 Å².